The maximum absolute atomic E-state index is 11.7. The van der Waals surface area contributed by atoms with Gasteiger partial charge in [0.1, 0.15) is 11.5 Å². The van der Waals surface area contributed by atoms with Crippen molar-refractivity contribution in [3.05, 3.63) is 28.3 Å². The molecule has 0 aliphatic heterocycles. The summed E-state index contributed by atoms with van der Waals surface area (Å²) in [6, 6.07) is 3.96. The van der Waals surface area contributed by atoms with Crippen molar-refractivity contribution in [2.24, 2.45) is 5.92 Å². The van der Waals surface area contributed by atoms with Gasteiger partial charge in [-0.25, -0.2) is 0 Å². The molecule has 0 heterocycles. The summed E-state index contributed by atoms with van der Waals surface area (Å²) in [5.41, 5.74) is 2.12. The van der Waals surface area contributed by atoms with Gasteiger partial charge in [0.2, 0.25) is 0 Å². The third kappa shape index (κ3) is 5.16. The van der Waals surface area contributed by atoms with Crippen LogP contribution >= 0.6 is 11.6 Å². The topological polar surface area (TPSA) is 26.3 Å². The first kappa shape index (κ1) is 17.0. The Kier molecular flexibility index (Phi) is 7.08. The van der Waals surface area contributed by atoms with Gasteiger partial charge in [-0.2, -0.15) is 0 Å². The van der Waals surface area contributed by atoms with Crippen LogP contribution in [0.2, 0.25) is 5.02 Å². The van der Waals surface area contributed by atoms with Crippen molar-refractivity contribution in [2.45, 2.75) is 53.4 Å². The van der Waals surface area contributed by atoms with Crippen LogP contribution < -0.4 is 4.74 Å². The highest BCUT2D eigenvalue weighted by atomic mass is 35.5. The number of ketones is 1. The molecule has 0 aliphatic carbocycles. The molecular formula is C17H25ClO2. The largest absolute Gasteiger partial charge is 0.494 e. The highest BCUT2D eigenvalue weighted by molar-refractivity contribution is 6.31. The molecule has 0 N–H and O–H groups in total. The van der Waals surface area contributed by atoms with Crippen LogP contribution in [-0.4, -0.2) is 12.4 Å². The monoisotopic (exact) mass is 296 g/mol. The van der Waals surface area contributed by atoms with Crippen LogP contribution in [0.3, 0.4) is 0 Å². The number of Topliss-reactive ketones (excluding diaryl/α,β-unsaturated/α-hetero) is 1. The molecule has 0 aromatic heterocycles. The third-order valence-electron chi connectivity index (χ3n) is 3.31. The van der Waals surface area contributed by atoms with E-state index in [0.29, 0.717) is 31.1 Å². The van der Waals surface area contributed by atoms with Crippen LogP contribution in [-0.2, 0) is 11.2 Å². The number of carbonyl (C=O) groups is 1. The lowest BCUT2D eigenvalue weighted by Crippen LogP contribution is -2.09. The van der Waals surface area contributed by atoms with Gasteiger partial charge in [-0.1, -0.05) is 25.4 Å². The van der Waals surface area contributed by atoms with Gasteiger partial charge in [-0.15, -0.1) is 0 Å². The number of halogens is 1. The Bertz CT molecular complexity index is 455. The van der Waals surface area contributed by atoms with Crippen LogP contribution in [0.15, 0.2) is 12.1 Å². The molecule has 1 aromatic rings. The average Bonchev–Trinajstić information content (AvgIpc) is 2.35. The van der Waals surface area contributed by atoms with E-state index in [9.17, 15) is 4.79 Å². The summed E-state index contributed by atoms with van der Waals surface area (Å²) in [6.45, 7) is 8.73. The molecule has 0 fully saturated rings. The van der Waals surface area contributed by atoms with E-state index < -0.39 is 0 Å². The first-order valence-electron chi connectivity index (χ1n) is 7.41. The molecule has 0 bridgehead atoms. The van der Waals surface area contributed by atoms with Crippen LogP contribution in [0.4, 0.5) is 0 Å². The maximum Gasteiger partial charge on any atom is 0.133 e. The zero-order chi connectivity index (χ0) is 15.1. The van der Waals surface area contributed by atoms with Crippen LogP contribution in [0.5, 0.6) is 5.75 Å². The van der Waals surface area contributed by atoms with Gasteiger partial charge < -0.3 is 4.74 Å². The summed E-state index contributed by atoms with van der Waals surface area (Å²) in [7, 11) is 0. The summed E-state index contributed by atoms with van der Waals surface area (Å²) in [5, 5.41) is 0.760. The van der Waals surface area contributed by atoms with Crippen molar-refractivity contribution in [1.29, 1.82) is 0 Å². The fourth-order valence-electron chi connectivity index (χ4n) is 2.36. The number of hydrogen-bond donors (Lipinski definition) is 0. The first-order chi connectivity index (χ1) is 9.47. The Morgan fingerprint density at radius 2 is 2.05 bits per heavy atom. The van der Waals surface area contributed by atoms with Crippen molar-refractivity contribution in [3.63, 3.8) is 0 Å². The second-order valence-corrected chi connectivity index (χ2v) is 5.85. The van der Waals surface area contributed by atoms with Gasteiger partial charge in [0, 0.05) is 17.9 Å². The van der Waals surface area contributed by atoms with Gasteiger partial charge in [0.05, 0.1) is 6.61 Å². The Hall–Kier alpha value is -1.02. The molecule has 0 radical (unpaired) electrons. The van der Waals surface area contributed by atoms with Crippen LogP contribution in [0.1, 0.15) is 51.2 Å². The minimum atomic E-state index is 0.312. The van der Waals surface area contributed by atoms with Crippen LogP contribution in [0, 0.1) is 12.8 Å². The highest BCUT2D eigenvalue weighted by Crippen LogP contribution is 2.29. The predicted molar refractivity (Wildman–Crippen MR) is 84.8 cm³/mol. The van der Waals surface area contributed by atoms with E-state index in [1.807, 2.05) is 32.9 Å². The molecule has 0 aliphatic rings. The van der Waals surface area contributed by atoms with Crippen molar-refractivity contribution in [3.8, 4) is 5.75 Å². The van der Waals surface area contributed by atoms with E-state index in [0.717, 1.165) is 34.7 Å². The maximum atomic E-state index is 11.7. The summed E-state index contributed by atoms with van der Waals surface area (Å²) in [5.74, 6) is 1.55. The van der Waals surface area contributed by atoms with Gasteiger partial charge in [-0.3, -0.25) is 4.79 Å². The lowest BCUT2D eigenvalue weighted by molar-refractivity contribution is -0.119. The molecule has 1 atom stereocenters. The fraction of sp³-hybridized carbons (Fsp3) is 0.588. The highest BCUT2D eigenvalue weighted by Gasteiger charge is 2.14. The summed E-state index contributed by atoms with van der Waals surface area (Å²) in [4.78, 5) is 11.7. The van der Waals surface area contributed by atoms with E-state index >= 15 is 0 Å². The first-order valence-corrected chi connectivity index (χ1v) is 7.79. The minimum Gasteiger partial charge on any atom is -0.494 e. The number of rotatable bonds is 8. The van der Waals surface area contributed by atoms with Gasteiger partial charge in [-0.05, 0) is 55.9 Å². The molecular weight excluding hydrogens is 272 g/mol. The van der Waals surface area contributed by atoms with Gasteiger partial charge in [0.25, 0.3) is 0 Å². The second-order valence-electron chi connectivity index (χ2n) is 5.44. The minimum absolute atomic E-state index is 0.312. The molecule has 0 saturated carbocycles. The molecule has 3 heteroatoms. The molecule has 0 saturated heterocycles. The summed E-state index contributed by atoms with van der Waals surface area (Å²) < 4.78 is 5.68. The lowest BCUT2D eigenvalue weighted by Gasteiger charge is -2.16. The molecule has 20 heavy (non-hydrogen) atoms. The van der Waals surface area contributed by atoms with E-state index in [2.05, 4.69) is 6.92 Å². The quantitative estimate of drug-likeness (QED) is 0.676. The Labute approximate surface area is 127 Å². The Morgan fingerprint density at radius 1 is 1.35 bits per heavy atom. The molecule has 0 spiro atoms. The number of aryl methyl sites for hydroxylation is 1. The zero-order valence-corrected chi connectivity index (χ0v) is 13.7. The number of carbonyl (C=O) groups excluding carboxylic acids is 1. The second kappa shape index (κ2) is 8.31. The van der Waals surface area contributed by atoms with E-state index in [1.54, 1.807) is 0 Å². The Morgan fingerprint density at radius 3 is 2.65 bits per heavy atom. The van der Waals surface area contributed by atoms with Crippen molar-refractivity contribution in [1.82, 2.24) is 0 Å². The number of hydrogen-bond acceptors (Lipinski definition) is 2. The molecule has 2 nitrogen and oxygen atoms in total. The summed E-state index contributed by atoms with van der Waals surface area (Å²) in [6.07, 6.45) is 3.05. The zero-order valence-electron chi connectivity index (χ0n) is 13.0. The van der Waals surface area contributed by atoms with E-state index in [4.69, 9.17) is 16.3 Å². The molecule has 112 valence electrons. The lowest BCUT2D eigenvalue weighted by atomic mass is 9.94. The molecule has 1 rings (SSSR count). The normalized spacial score (nSPS) is 12.2. The average molecular weight is 297 g/mol. The van der Waals surface area contributed by atoms with E-state index in [1.165, 1.54) is 0 Å². The number of benzene rings is 1. The van der Waals surface area contributed by atoms with Gasteiger partial charge >= 0.3 is 0 Å². The SMILES string of the molecule is CCCC(=O)CC(C)Cc1cc(Cl)c(C)cc1OCC. The fourth-order valence-corrected chi connectivity index (χ4v) is 2.55. The van der Waals surface area contributed by atoms with Crippen LogP contribution in [0.25, 0.3) is 0 Å². The predicted octanol–water partition coefficient (Wildman–Crippen LogP) is 4.99. The molecule has 1 aromatic carbocycles. The smallest absolute Gasteiger partial charge is 0.133 e. The molecule has 0 amide bonds. The van der Waals surface area contributed by atoms with Crippen molar-refractivity contribution >= 4 is 17.4 Å². The Balaban J connectivity index is 2.79. The summed E-state index contributed by atoms with van der Waals surface area (Å²) >= 11 is 6.20. The van der Waals surface area contributed by atoms with E-state index in [-0.39, 0.29) is 0 Å². The van der Waals surface area contributed by atoms with Crippen molar-refractivity contribution < 1.29 is 9.53 Å². The van der Waals surface area contributed by atoms with Gasteiger partial charge in [0.15, 0.2) is 0 Å². The van der Waals surface area contributed by atoms with Crippen molar-refractivity contribution in [2.75, 3.05) is 6.61 Å². The third-order valence-corrected chi connectivity index (χ3v) is 3.72. The number of ether oxygens (including phenoxy) is 1. The standard InChI is InChI=1S/C17H25ClO2/c1-5-7-15(19)9-12(3)8-14-11-16(18)13(4)10-17(14)20-6-2/h10-12H,5-9H2,1-4H3. The molecule has 1 unspecified atom stereocenters.